The van der Waals surface area contributed by atoms with Crippen molar-refractivity contribution in [3.8, 4) is 0 Å². The van der Waals surface area contributed by atoms with E-state index in [9.17, 15) is 0 Å². The zero-order valence-corrected chi connectivity index (χ0v) is 13.5. The first-order chi connectivity index (χ1) is 10.2. The lowest BCUT2D eigenvalue weighted by atomic mass is 9.91. The van der Waals surface area contributed by atoms with E-state index >= 15 is 0 Å². The average Bonchev–Trinajstić information content (AvgIpc) is 2.50. The van der Waals surface area contributed by atoms with Crippen molar-refractivity contribution < 1.29 is 4.74 Å². The van der Waals surface area contributed by atoms with Gasteiger partial charge in [-0.25, -0.2) is 0 Å². The molecule has 1 aromatic heterocycles. The molecule has 1 N–H and O–H groups in total. The van der Waals surface area contributed by atoms with Crippen LogP contribution in [-0.4, -0.2) is 24.7 Å². The average molecular weight is 286 g/mol. The van der Waals surface area contributed by atoms with Crippen LogP contribution in [0.1, 0.15) is 38.8 Å². The topological polar surface area (TPSA) is 34.2 Å². The number of hydrogen-bond donors (Lipinski definition) is 1. The summed E-state index contributed by atoms with van der Waals surface area (Å²) in [5.74, 6) is 0.441. The maximum Gasteiger partial charge on any atom is 0.0788 e. The summed E-state index contributed by atoms with van der Waals surface area (Å²) >= 11 is 0. The molecule has 1 heterocycles. The molecule has 3 nitrogen and oxygen atoms in total. The molecule has 0 aliphatic heterocycles. The quantitative estimate of drug-likeness (QED) is 0.837. The van der Waals surface area contributed by atoms with Crippen molar-refractivity contribution >= 4 is 10.9 Å². The van der Waals surface area contributed by atoms with Gasteiger partial charge in [0, 0.05) is 18.7 Å². The van der Waals surface area contributed by atoms with Crippen LogP contribution in [0.25, 0.3) is 10.9 Å². The molecule has 0 radical (unpaired) electrons. The highest BCUT2D eigenvalue weighted by atomic mass is 16.5. The Kier molecular flexibility index (Phi) is 5.71. The highest BCUT2D eigenvalue weighted by molar-refractivity contribution is 5.82. The first-order valence-electron chi connectivity index (χ1n) is 7.78. The molecular formula is C18H26N2O. The summed E-state index contributed by atoms with van der Waals surface area (Å²) < 4.78 is 5.79. The molecule has 0 bridgehead atoms. The summed E-state index contributed by atoms with van der Waals surface area (Å²) in [6.45, 7) is 7.58. The fraction of sp³-hybridized carbons (Fsp3) is 0.500. The van der Waals surface area contributed by atoms with E-state index in [1.54, 1.807) is 7.11 Å². The van der Waals surface area contributed by atoms with Crippen LogP contribution in [0.4, 0.5) is 0 Å². The van der Waals surface area contributed by atoms with E-state index in [4.69, 9.17) is 4.74 Å². The van der Waals surface area contributed by atoms with Crippen LogP contribution < -0.4 is 5.32 Å². The summed E-state index contributed by atoms with van der Waals surface area (Å²) in [5, 5.41) is 4.86. The summed E-state index contributed by atoms with van der Waals surface area (Å²) in [7, 11) is 1.80. The molecule has 1 aromatic carbocycles. The predicted molar refractivity (Wildman–Crippen MR) is 88.4 cm³/mol. The number of nitrogens with one attached hydrogen (secondary N) is 1. The molecule has 0 spiro atoms. The molecular weight excluding hydrogens is 260 g/mol. The van der Waals surface area contributed by atoms with Crippen LogP contribution >= 0.6 is 0 Å². The second kappa shape index (κ2) is 7.53. The van der Waals surface area contributed by atoms with Crippen molar-refractivity contribution in [2.24, 2.45) is 5.92 Å². The number of methoxy groups -OCH3 is 1. The summed E-state index contributed by atoms with van der Waals surface area (Å²) in [5.41, 5.74) is 2.31. The monoisotopic (exact) mass is 286 g/mol. The Labute approximate surface area is 127 Å². The highest BCUT2D eigenvalue weighted by Gasteiger charge is 2.26. The minimum Gasteiger partial charge on any atom is -0.379 e. The van der Waals surface area contributed by atoms with Gasteiger partial charge in [0.1, 0.15) is 0 Å². The second-order valence-corrected chi connectivity index (χ2v) is 5.79. The Hall–Kier alpha value is -1.45. The lowest BCUT2D eigenvalue weighted by Gasteiger charge is -2.31. The van der Waals surface area contributed by atoms with Crippen LogP contribution in [0.3, 0.4) is 0 Å². The van der Waals surface area contributed by atoms with Crippen molar-refractivity contribution in [3.05, 3.63) is 42.1 Å². The van der Waals surface area contributed by atoms with Gasteiger partial charge < -0.3 is 10.1 Å². The Bertz CT molecular complexity index is 563. The van der Waals surface area contributed by atoms with Gasteiger partial charge in [0.25, 0.3) is 0 Å². The van der Waals surface area contributed by atoms with Gasteiger partial charge >= 0.3 is 0 Å². The molecule has 0 saturated heterocycles. The number of fused-ring (bicyclic) bond motifs is 1. The number of hydrogen-bond acceptors (Lipinski definition) is 3. The van der Waals surface area contributed by atoms with E-state index in [2.05, 4.69) is 55.3 Å². The Morgan fingerprint density at radius 2 is 2.00 bits per heavy atom. The normalized spacial score (nSPS) is 14.5. The Balaban J connectivity index is 2.47. The van der Waals surface area contributed by atoms with Gasteiger partial charge in [-0.05, 0) is 36.6 Å². The fourth-order valence-electron chi connectivity index (χ4n) is 2.89. The number of pyridine rings is 1. The van der Waals surface area contributed by atoms with Gasteiger partial charge in [0.2, 0.25) is 0 Å². The summed E-state index contributed by atoms with van der Waals surface area (Å²) in [4.78, 5) is 4.47. The summed E-state index contributed by atoms with van der Waals surface area (Å²) in [6, 6.07) is 10.7. The van der Waals surface area contributed by atoms with Crippen molar-refractivity contribution in [1.29, 1.82) is 0 Å². The third-order valence-corrected chi connectivity index (χ3v) is 3.89. The van der Waals surface area contributed by atoms with E-state index < -0.39 is 0 Å². The van der Waals surface area contributed by atoms with Crippen molar-refractivity contribution in [1.82, 2.24) is 10.3 Å². The van der Waals surface area contributed by atoms with Crippen LogP contribution in [0.15, 0.2) is 36.5 Å². The highest BCUT2D eigenvalue weighted by Crippen LogP contribution is 2.29. The first-order valence-corrected chi connectivity index (χ1v) is 7.78. The van der Waals surface area contributed by atoms with Crippen molar-refractivity contribution in [2.75, 3.05) is 13.7 Å². The zero-order valence-electron chi connectivity index (χ0n) is 13.5. The van der Waals surface area contributed by atoms with E-state index in [1.807, 2.05) is 12.3 Å². The largest absolute Gasteiger partial charge is 0.379 e. The SMILES string of the molecule is CCCNC(c1cccc2ncccc12)C(OC)C(C)C. The van der Waals surface area contributed by atoms with Crippen LogP contribution in [0.5, 0.6) is 0 Å². The number of benzene rings is 1. The predicted octanol–water partition coefficient (Wildman–Crippen LogP) is 3.95. The van der Waals surface area contributed by atoms with Gasteiger partial charge in [0.05, 0.1) is 17.7 Å². The smallest absolute Gasteiger partial charge is 0.0788 e. The Morgan fingerprint density at radius 1 is 1.19 bits per heavy atom. The van der Waals surface area contributed by atoms with Crippen LogP contribution in [0, 0.1) is 5.92 Å². The van der Waals surface area contributed by atoms with E-state index in [0.29, 0.717) is 5.92 Å². The van der Waals surface area contributed by atoms with Crippen molar-refractivity contribution in [3.63, 3.8) is 0 Å². The number of rotatable bonds is 7. The van der Waals surface area contributed by atoms with Gasteiger partial charge in [-0.2, -0.15) is 0 Å². The van der Waals surface area contributed by atoms with E-state index in [0.717, 1.165) is 18.5 Å². The fourth-order valence-corrected chi connectivity index (χ4v) is 2.89. The van der Waals surface area contributed by atoms with Gasteiger partial charge in [-0.15, -0.1) is 0 Å². The maximum absolute atomic E-state index is 5.79. The molecule has 0 saturated carbocycles. The van der Waals surface area contributed by atoms with E-state index in [-0.39, 0.29) is 12.1 Å². The lowest BCUT2D eigenvalue weighted by molar-refractivity contribution is 0.0330. The summed E-state index contributed by atoms with van der Waals surface area (Å²) in [6.07, 6.45) is 3.09. The molecule has 114 valence electrons. The number of nitrogens with zero attached hydrogens (tertiary/aromatic N) is 1. The first kappa shape index (κ1) is 15.9. The van der Waals surface area contributed by atoms with Crippen LogP contribution in [0.2, 0.25) is 0 Å². The zero-order chi connectivity index (χ0) is 15.2. The third kappa shape index (κ3) is 3.60. The number of ether oxygens (including phenoxy) is 1. The standard InChI is InChI=1S/C18H26N2O/c1-5-11-20-17(18(21-4)13(2)3)15-8-6-10-16-14(15)9-7-12-19-16/h6-10,12-13,17-18,20H,5,11H2,1-4H3. The maximum atomic E-state index is 5.79. The molecule has 0 amide bonds. The molecule has 2 aromatic rings. The second-order valence-electron chi connectivity index (χ2n) is 5.79. The Morgan fingerprint density at radius 3 is 2.67 bits per heavy atom. The lowest BCUT2D eigenvalue weighted by Crippen LogP contribution is -2.37. The molecule has 2 unspecified atom stereocenters. The molecule has 21 heavy (non-hydrogen) atoms. The third-order valence-electron chi connectivity index (χ3n) is 3.89. The molecule has 3 heteroatoms. The van der Waals surface area contributed by atoms with Gasteiger partial charge in [-0.1, -0.05) is 39.0 Å². The molecule has 2 atom stereocenters. The minimum atomic E-state index is 0.141. The number of aromatic nitrogens is 1. The molecule has 2 rings (SSSR count). The van der Waals surface area contributed by atoms with E-state index in [1.165, 1.54) is 10.9 Å². The molecule has 0 aliphatic carbocycles. The van der Waals surface area contributed by atoms with Crippen molar-refractivity contribution in [2.45, 2.75) is 39.3 Å². The van der Waals surface area contributed by atoms with Crippen LogP contribution in [-0.2, 0) is 4.74 Å². The molecule has 0 fully saturated rings. The molecule has 0 aliphatic rings. The van der Waals surface area contributed by atoms with Gasteiger partial charge in [0.15, 0.2) is 0 Å². The minimum absolute atomic E-state index is 0.141. The van der Waals surface area contributed by atoms with Gasteiger partial charge in [-0.3, -0.25) is 4.98 Å².